The number of benzene rings is 1. The Labute approximate surface area is 128 Å². The van der Waals surface area contributed by atoms with Gasteiger partial charge >= 0.3 is 0 Å². The van der Waals surface area contributed by atoms with Crippen molar-refractivity contribution in [2.75, 3.05) is 0 Å². The maximum absolute atomic E-state index is 12.1. The SMILES string of the molecule is Cc1ccc(/C=C/C(=O)c2cnn(C(C)C)c2)cc1[N+](=O)[O-]. The number of aryl methyl sites for hydroxylation is 1. The van der Waals surface area contributed by atoms with Gasteiger partial charge in [0, 0.05) is 23.9 Å². The molecule has 0 unspecified atom stereocenters. The first-order chi connectivity index (χ1) is 10.4. The van der Waals surface area contributed by atoms with Crippen molar-refractivity contribution in [2.24, 2.45) is 0 Å². The van der Waals surface area contributed by atoms with E-state index < -0.39 is 4.92 Å². The highest BCUT2D eigenvalue weighted by atomic mass is 16.6. The summed E-state index contributed by atoms with van der Waals surface area (Å²) in [7, 11) is 0. The van der Waals surface area contributed by atoms with E-state index in [9.17, 15) is 14.9 Å². The lowest BCUT2D eigenvalue weighted by Gasteiger charge is -2.02. The van der Waals surface area contributed by atoms with Crippen LogP contribution in [0, 0.1) is 17.0 Å². The topological polar surface area (TPSA) is 78.0 Å². The number of hydrogen-bond donors (Lipinski definition) is 0. The average Bonchev–Trinajstić information content (AvgIpc) is 2.95. The van der Waals surface area contributed by atoms with Gasteiger partial charge in [0.15, 0.2) is 5.78 Å². The van der Waals surface area contributed by atoms with Gasteiger partial charge in [0.25, 0.3) is 5.69 Å². The predicted octanol–water partition coefficient (Wildman–Crippen LogP) is 3.58. The second-order valence-electron chi connectivity index (χ2n) is 5.30. The van der Waals surface area contributed by atoms with Gasteiger partial charge in [0.2, 0.25) is 0 Å². The molecule has 0 radical (unpaired) electrons. The molecule has 2 aromatic rings. The molecular weight excluding hydrogens is 282 g/mol. The van der Waals surface area contributed by atoms with Crippen LogP contribution >= 0.6 is 0 Å². The van der Waals surface area contributed by atoms with Gasteiger partial charge in [-0.15, -0.1) is 0 Å². The van der Waals surface area contributed by atoms with Crippen LogP contribution in [0.5, 0.6) is 0 Å². The van der Waals surface area contributed by atoms with Crippen LogP contribution in [0.4, 0.5) is 5.69 Å². The van der Waals surface area contributed by atoms with Gasteiger partial charge in [0.1, 0.15) is 0 Å². The Bertz CT molecular complexity index is 745. The number of allylic oxidation sites excluding steroid dienone is 1. The smallest absolute Gasteiger partial charge is 0.272 e. The quantitative estimate of drug-likeness (QED) is 0.366. The molecule has 0 fully saturated rings. The Balaban J connectivity index is 2.18. The molecule has 0 bridgehead atoms. The molecule has 6 nitrogen and oxygen atoms in total. The van der Waals surface area contributed by atoms with Crippen molar-refractivity contribution < 1.29 is 9.72 Å². The Morgan fingerprint density at radius 2 is 2.14 bits per heavy atom. The molecule has 0 N–H and O–H groups in total. The van der Waals surface area contributed by atoms with Crippen LogP contribution in [-0.2, 0) is 0 Å². The second-order valence-corrected chi connectivity index (χ2v) is 5.30. The highest BCUT2D eigenvalue weighted by Gasteiger charge is 2.10. The summed E-state index contributed by atoms with van der Waals surface area (Å²) in [5.41, 5.74) is 1.74. The lowest BCUT2D eigenvalue weighted by atomic mass is 10.1. The number of carbonyl (C=O) groups is 1. The van der Waals surface area contributed by atoms with Crippen LogP contribution in [0.15, 0.2) is 36.7 Å². The lowest BCUT2D eigenvalue weighted by molar-refractivity contribution is -0.385. The van der Waals surface area contributed by atoms with Gasteiger partial charge < -0.3 is 0 Å². The molecule has 6 heteroatoms. The van der Waals surface area contributed by atoms with Crippen LogP contribution in [0.1, 0.15) is 41.4 Å². The van der Waals surface area contributed by atoms with Crippen LogP contribution < -0.4 is 0 Å². The molecular formula is C16H17N3O3. The molecule has 2 rings (SSSR count). The third-order valence-electron chi connectivity index (χ3n) is 3.27. The minimum atomic E-state index is -0.429. The second kappa shape index (κ2) is 6.34. The molecule has 22 heavy (non-hydrogen) atoms. The maximum atomic E-state index is 12.1. The molecule has 0 spiro atoms. The molecule has 0 aliphatic rings. The largest absolute Gasteiger partial charge is 0.289 e. The normalized spacial score (nSPS) is 11.3. The van der Waals surface area contributed by atoms with Crippen LogP contribution in [0.3, 0.4) is 0 Å². The monoisotopic (exact) mass is 299 g/mol. The van der Waals surface area contributed by atoms with Crippen molar-refractivity contribution >= 4 is 17.5 Å². The van der Waals surface area contributed by atoms with E-state index in [1.54, 1.807) is 36.0 Å². The van der Waals surface area contributed by atoms with Gasteiger partial charge in [-0.05, 0) is 32.4 Å². The number of carbonyl (C=O) groups excluding carboxylic acids is 1. The molecule has 0 atom stereocenters. The zero-order valence-electron chi connectivity index (χ0n) is 12.7. The first-order valence-electron chi connectivity index (χ1n) is 6.90. The van der Waals surface area contributed by atoms with E-state index in [0.29, 0.717) is 16.7 Å². The third kappa shape index (κ3) is 3.46. The first-order valence-corrected chi connectivity index (χ1v) is 6.90. The lowest BCUT2D eigenvalue weighted by Crippen LogP contribution is -2.00. The Morgan fingerprint density at radius 1 is 1.41 bits per heavy atom. The van der Waals surface area contributed by atoms with Crippen molar-refractivity contribution in [2.45, 2.75) is 26.8 Å². The van der Waals surface area contributed by atoms with E-state index in [4.69, 9.17) is 0 Å². The molecule has 114 valence electrons. The Hall–Kier alpha value is -2.76. The number of hydrogen-bond acceptors (Lipinski definition) is 4. The average molecular weight is 299 g/mol. The highest BCUT2D eigenvalue weighted by Crippen LogP contribution is 2.20. The minimum absolute atomic E-state index is 0.0437. The van der Waals surface area contributed by atoms with Crippen molar-refractivity contribution in [1.82, 2.24) is 9.78 Å². The number of rotatable bonds is 5. The zero-order valence-corrected chi connectivity index (χ0v) is 12.7. The maximum Gasteiger partial charge on any atom is 0.272 e. The van der Waals surface area contributed by atoms with Gasteiger partial charge in [0.05, 0.1) is 16.7 Å². The summed E-state index contributed by atoms with van der Waals surface area (Å²) in [6.45, 7) is 5.63. The molecule has 1 aromatic carbocycles. The highest BCUT2D eigenvalue weighted by molar-refractivity contribution is 6.06. The van der Waals surface area contributed by atoms with E-state index in [1.807, 2.05) is 13.8 Å². The Kier molecular flexibility index (Phi) is 4.50. The molecule has 1 heterocycles. The summed E-state index contributed by atoms with van der Waals surface area (Å²) < 4.78 is 1.71. The fraction of sp³-hybridized carbons (Fsp3) is 0.250. The first kappa shape index (κ1) is 15.6. The van der Waals surface area contributed by atoms with Gasteiger partial charge in [-0.25, -0.2) is 0 Å². The van der Waals surface area contributed by atoms with Crippen molar-refractivity contribution in [1.29, 1.82) is 0 Å². The van der Waals surface area contributed by atoms with Crippen molar-refractivity contribution in [3.05, 3.63) is 63.5 Å². The molecule has 0 aliphatic heterocycles. The zero-order chi connectivity index (χ0) is 16.3. The fourth-order valence-corrected chi connectivity index (χ4v) is 1.94. The van der Waals surface area contributed by atoms with E-state index in [-0.39, 0.29) is 17.5 Å². The van der Waals surface area contributed by atoms with Gasteiger partial charge in [-0.3, -0.25) is 19.6 Å². The summed E-state index contributed by atoms with van der Waals surface area (Å²) in [5, 5.41) is 15.0. The van der Waals surface area contributed by atoms with E-state index in [1.165, 1.54) is 18.3 Å². The number of ketones is 1. The van der Waals surface area contributed by atoms with Crippen LogP contribution in [0.25, 0.3) is 6.08 Å². The predicted molar refractivity (Wildman–Crippen MR) is 83.8 cm³/mol. The molecule has 0 aliphatic carbocycles. The fourth-order valence-electron chi connectivity index (χ4n) is 1.94. The summed E-state index contributed by atoms with van der Waals surface area (Å²) >= 11 is 0. The van der Waals surface area contributed by atoms with Crippen LogP contribution in [-0.4, -0.2) is 20.5 Å². The number of nitro benzene ring substituents is 1. The summed E-state index contributed by atoms with van der Waals surface area (Å²) in [5.74, 6) is -0.185. The number of nitro groups is 1. The molecule has 0 saturated heterocycles. The molecule has 0 amide bonds. The summed E-state index contributed by atoms with van der Waals surface area (Å²) in [4.78, 5) is 22.5. The summed E-state index contributed by atoms with van der Waals surface area (Å²) in [6.07, 6.45) is 6.18. The molecule has 0 saturated carbocycles. The standard InChI is InChI=1S/C16H17N3O3/c1-11(2)18-10-14(9-17-18)16(20)7-6-13-5-4-12(3)15(8-13)19(21)22/h4-11H,1-3H3/b7-6+. The summed E-state index contributed by atoms with van der Waals surface area (Å²) in [6, 6.07) is 5.05. The third-order valence-corrected chi connectivity index (χ3v) is 3.27. The van der Waals surface area contributed by atoms with Crippen molar-refractivity contribution in [3.63, 3.8) is 0 Å². The number of aromatic nitrogens is 2. The van der Waals surface area contributed by atoms with E-state index in [2.05, 4.69) is 5.10 Å². The van der Waals surface area contributed by atoms with Gasteiger partial charge in [-0.1, -0.05) is 18.2 Å². The Morgan fingerprint density at radius 3 is 2.73 bits per heavy atom. The number of nitrogens with zero attached hydrogens (tertiary/aromatic N) is 3. The van der Waals surface area contributed by atoms with Gasteiger partial charge in [-0.2, -0.15) is 5.10 Å². The van der Waals surface area contributed by atoms with Crippen LogP contribution in [0.2, 0.25) is 0 Å². The van der Waals surface area contributed by atoms with E-state index in [0.717, 1.165) is 0 Å². The minimum Gasteiger partial charge on any atom is -0.289 e. The van der Waals surface area contributed by atoms with E-state index >= 15 is 0 Å². The molecule has 1 aromatic heterocycles. The van der Waals surface area contributed by atoms with Crippen molar-refractivity contribution in [3.8, 4) is 0 Å².